The molecular formula is C18H21N. The summed E-state index contributed by atoms with van der Waals surface area (Å²) in [7, 11) is 0. The van der Waals surface area contributed by atoms with Crippen molar-refractivity contribution in [1.82, 2.24) is 0 Å². The first-order valence-electron chi connectivity index (χ1n) is 6.83. The van der Waals surface area contributed by atoms with Gasteiger partial charge in [0.15, 0.2) is 0 Å². The highest BCUT2D eigenvalue weighted by atomic mass is 15.2. The topological polar surface area (TPSA) is 3.24 Å². The number of para-hydroxylation sites is 1. The molecule has 98 valence electrons. The summed E-state index contributed by atoms with van der Waals surface area (Å²) in [6, 6.07) is 11.0. The fraction of sp³-hybridized carbons (Fsp3) is 0.222. The van der Waals surface area contributed by atoms with Crippen LogP contribution in [-0.2, 0) is 0 Å². The van der Waals surface area contributed by atoms with Crippen LogP contribution in [0.4, 0.5) is 5.69 Å². The van der Waals surface area contributed by atoms with Crippen molar-refractivity contribution in [2.24, 2.45) is 0 Å². The van der Waals surface area contributed by atoms with Gasteiger partial charge in [-0.3, -0.25) is 0 Å². The fourth-order valence-corrected chi connectivity index (χ4v) is 2.37. The lowest BCUT2D eigenvalue weighted by molar-refractivity contribution is 0.761. The first-order valence-corrected chi connectivity index (χ1v) is 6.83. The fourth-order valence-electron chi connectivity index (χ4n) is 2.37. The van der Waals surface area contributed by atoms with Crippen LogP contribution in [0.15, 0.2) is 78.6 Å². The second-order valence-corrected chi connectivity index (χ2v) is 4.54. The van der Waals surface area contributed by atoms with E-state index in [0.29, 0.717) is 6.04 Å². The second-order valence-electron chi connectivity index (χ2n) is 4.54. The summed E-state index contributed by atoms with van der Waals surface area (Å²) < 4.78 is 0. The van der Waals surface area contributed by atoms with Crippen LogP contribution in [0, 0.1) is 0 Å². The third-order valence-electron chi connectivity index (χ3n) is 3.24. The molecule has 2 rings (SSSR count). The van der Waals surface area contributed by atoms with E-state index < -0.39 is 0 Å². The van der Waals surface area contributed by atoms with Crippen molar-refractivity contribution in [2.45, 2.75) is 26.3 Å². The Kier molecular flexibility index (Phi) is 4.79. The maximum absolute atomic E-state index is 2.39. The number of hydrogen-bond donors (Lipinski definition) is 0. The third kappa shape index (κ3) is 3.25. The highest BCUT2D eigenvalue weighted by molar-refractivity contribution is 5.57. The molecule has 0 spiro atoms. The number of allylic oxidation sites excluding steroid dienone is 5. The van der Waals surface area contributed by atoms with Crippen molar-refractivity contribution in [1.29, 1.82) is 0 Å². The van der Waals surface area contributed by atoms with Gasteiger partial charge >= 0.3 is 0 Å². The Bertz CT molecular complexity index is 506. The van der Waals surface area contributed by atoms with Crippen molar-refractivity contribution in [3.8, 4) is 0 Å². The summed E-state index contributed by atoms with van der Waals surface area (Å²) >= 11 is 0. The van der Waals surface area contributed by atoms with Crippen molar-refractivity contribution in [2.75, 3.05) is 4.90 Å². The van der Waals surface area contributed by atoms with Crippen LogP contribution in [0.2, 0.25) is 0 Å². The highest BCUT2D eigenvalue weighted by Crippen LogP contribution is 2.26. The van der Waals surface area contributed by atoms with Gasteiger partial charge in [0.05, 0.1) is 6.04 Å². The zero-order valence-corrected chi connectivity index (χ0v) is 11.7. The molecule has 1 atom stereocenters. The van der Waals surface area contributed by atoms with Gasteiger partial charge in [-0.2, -0.15) is 0 Å². The van der Waals surface area contributed by atoms with E-state index in [1.54, 1.807) is 0 Å². The van der Waals surface area contributed by atoms with Crippen LogP contribution >= 0.6 is 0 Å². The summed E-state index contributed by atoms with van der Waals surface area (Å²) in [5.41, 5.74) is 2.47. The molecule has 0 heterocycles. The van der Waals surface area contributed by atoms with E-state index >= 15 is 0 Å². The van der Waals surface area contributed by atoms with Crippen molar-refractivity contribution >= 4 is 5.69 Å². The predicted molar refractivity (Wildman–Crippen MR) is 84.2 cm³/mol. The lowest BCUT2D eigenvalue weighted by Gasteiger charge is -2.33. The van der Waals surface area contributed by atoms with E-state index in [2.05, 4.69) is 91.6 Å². The Balaban J connectivity index is 2.38. The molecule has 0 amide bonds. The van der Waals surface area contributed by atoms with Gasteiger partial charge in [-0.1, -0.05) is 54.7 Å². The SMILES string of the molecule is C/C=C\C(=C/C)N(c1ccccc1)C1C=CC=CC1. The number of rotatable bonds is 4. The first-order chi connectivity index (χ1) is 9.36. The summed E-state index contributed by atoms with van der Waals surface area (Å²) in [5, 5.41) is 0. The number of anilines is 1. The Morgan fingerprint density at radius 2 is 1.95 bits per heavy atom. The molecule has 1 aromatic carbocycles. The van der Waals surface area contributed by atoms with Crippen LogP contribution in [0.5, 0.6) is 0 Å². The molecular weight excluding hydrogens is 230 g/mol. The molecule has 1 aromatic rings. The molecule has 1 nitrogen and oxygen atoms in total. The number of hydrogen-bond acceptors (Lipinski definition) is 1. The zero-order valence-electron chi connectivity index (χ0n) is 11.7. The zero-order chi connectivity index (χ0) is 13.5. The Labute approximate surface area is 116 Å². The maximum atomic E-state index is 2.39. The molecule has 0 aliphatic heterocycles. The Morgan fingerprint density at radius 1 is 1.16 bits per heavy atom. The molecule has 0 fully saturated rings. The van der Waals surface area contributed by atoms with Crippen molar-refractivity contribution in [3.05, 3.63) is 78.6 Å². The lowest BCUT2D eigenvalue weighted by atomic mass is 10.0. The van der Waals surface area contributed by atoms with Crippen molar-refractivity contribution in [3.63, 3.8) is 0 Å². The Hall–Kier alpha value is -2.02. The largest absolute Gasteiger partial charge is 0.335 e. The minimum atomic E-state index is 0.384. The Morgan fingerprint density at radius 3 is 2.53 bits per heavy atom. The van der Waals surface area contributed by atoms with E-state index in [1.165, 1.54) is 11.4 Å². The summed E-state index contributed by atoms with van der Waals surface area (Å²) in [4.78, 5) is 2.39. The van der Waals surface area contributed by atoms with Crippen LogP contribution < -0.4 is 4.90 Å². The summed E-state index contributed by atoms with van der Waals surface area (Å²) in [5.74, 6) is 0. The van der Waals surface area contributed by atoms with E-state index in [4.69, 9.17) is 0 Å². The van der Waals surface area contributed by atoms with E-state index in [1.807, 2.05) is 0 Å². The van der Waals surface area contributed by atoms with Gasteiger partial charge in [0, 0.05) is 11.4 Å². The molecule has 1 heteroatoms. The van der Waals surface area contributed by atoms with Crippen molar-refractivity contribution < 1.29 is 0 Å². The molecule has 1 aliphatic carbocycles. The van der Waals surface area contributed by atoms with Gasteiger partial charge in [-0.25, -0.2) is 0 Å². The van der Waals surface area contributed by atoms with Gasteiger partial charge in [-0.05, 0) is 38.5 Å². The molecule has 0 bridgehead atoms. The highest BCUT2D eigenvalue weighted by Gasteiger charge is 2.18. The summed E-state index contributed by atoms with van der Waals surface area (Å²) in [6.45, 7) is 4.15. The van der Waals surface area contributed by atoms with Gasteiger partial charge in [0.1, 0.15) is 0 Å². The third-order valence-corrected chi connectivity index (χ3v) is 3.24. The average molecular weight is 251 g/mol. The predicted octanol–water partition coefficient (Wildman–Crippen LogP) is 4.86. The van der Waals surface area contributed by atoms with Crippen LogP contribution in [0.3, 0.4) is 0 Å². The van der Waals surface area contributed by atoms with Gasteiger partial charge in [-0.15, -0.1) is 0 Å². The normalized spacial score (nSPS) is 19.1. The summed E-state index contributed by atoms with van der Waals surface area (Å²) in [6.07, 6.45) is 16.2. The molecule has 0 aromatic heterocycles. The van der Waals surface area contributed by atoms with Gasteiger partial charge < -0.3 is 4.90 Å². The second kappa shape index (κ2) is 6.79. The first kappa shape index (κ1) is 13.4. The monoisotopic (exact) mass is 251 g/mol. The van der Waals surface area contributed by atoms with Gasteiger partial charge in [0.25, 0.3) is 0 Å². The molecule has 19 heavy (non-hydrogen) atoms. The van der Waals surface area contributed by atoms with Crippen LogP contribution in [0.25, 0.3) is 0 Å². The lowest BCUT2D eigenvalue weighted by Crippen LogP contribution is -2.33. The molecule has 0 N–H and O–H groups in total. The average Bonchev–Trinajstić information content (AvgIpc) is 2.49. The molecule has 1 aliphatic rings. The standard InChI is InChI=1S/C18H21N/c1-3-11-16(4-2)19(17-12-7-5-8-13-17)18-14-9-6-10-15-18/h3-14,18H,15H2,1-2H3/b11-3-,16-4+. The van der Waals surface area contributed by atoms with E-state index in [0.717, 1.165) is 6.42 Å². The molecule has 0 saturated heterocycles. The van der Waals surface area contributed by atoms with Gasteiger partial charge in [0.2, 0.25) is 0 Å². The molecule has 1 unspecified atom stereocenters. The quantitative estimate of drug-likeness (QED) is 0.691. The number of nitrogens with zero attached hydrogens (tertiary/aromatic N) is 1. The van der Waals surface area contributed by atoms with Crippen LogP contribution in [0.1, 0.15) is 20.3 Å². The molecule has 0 radical (unpaired) electrons. The minimum absolute atomic E-state index is 0.384. The maximum Gasteiger partial charge on any atom is 0.0559 e. The minimum Gasteiger partial charge on any atom is -0.335 e. The number of benzene rings is 1. The van der Waals surface area contributed by atoms with E-state index in [-0.39, 0.29) is 0 Å². The molecule has 0 saturated carbocycles. The van der Waals surface area contributed by atoms with Crippen LogP contribution in [-0.4, -0.2) is 6.04 Å². The smallest absolute Gasteiger partial charge is 0.0559 e. The van der Waals surface area contributed by atoms with E-state index in [9.17, 15) is 0 Å².